The second-order valence-electron chi connectivity index (χ2n) is 14.0. The zero-order valence-electron chi connectivity index (χ0n) is 28.7. The molecule has 0 saturated carbocycles. The normalized spacial score (nSPS) is 22.9. The number of halogens is 7. The maximum Gasteiger partial charge on any atom is 0.490 e. The molecule has 0 bridgehead atoms. The lowest BCUT2D eigenvalue weighted by Crippen LogP contribution is -2.52. The summed E-state index contributed by atoms with van der Waals surface area (Å²) in [6.45, 7) is 5.88. The summed E-state index contributed by atoms with van der Waals surface area (Å²) in [7, 11) is 0. The van der Waals surface area contributed by atoms with Crippen molar-refractivity contribution in [1.29, 1.82) is 5.26 Å². The van der Waals surface area contributed by atoms with E-state index in [0.29, 0.717) is 31.4 Å². The van der Waals surface area contributed by atoms with Crippen molar-refractivity contribution >= 4 is 46.7 Å². The van der Waals surface area contributed by atoms with Gasteiger partial charge in [-0.2, -0.15) is 18.4 Å². The van der Waals surface area contributed by atoms with Gasteiger partial charge in [0, 0.05) is 34.8 Å². The Kier molecular flexibility index (Phi) is 12.5. The molecule has 0 aliphatic carbocycles. The molecule has 0 aromatic heterocycles. The minimum Gasteiger partial charge on any atom is -0.478 e. The molecule has 2 aliphatic heterocycles. The predicted molar refractivity (Wildman–Crippen MR) is 186 cm³/mol. The molecule has 3 aromatic rings. The van der Waals surface area contributed by atoms with Gasteiger partial charge in [-0.15, -0.1) is 0 Å². The number of nitriles is 1. The van der Waals surface area contributed by atoms with Gasteiger partial charge in [-0.25, -0.2) is 18.4 Å². The Labute approximate surface area is 312 Å². The lowest BCUT2D eigenvalue weighted by Gasteiger charge is -2.42. The number of aromatic carboxylic acids is 1. The molecule has 16 heteroatoms. The average Bonchev–Trinajstić information content (AvgIpc) is 3.50. The van der Waals surface area contributed by atoms with Crippen molar-refractivity contribution in [1.82, 2.24) is 4.90 Å². The summed E-state index contributed by atoms with van der Waals surface area (Å²) in [4.78, 5) is 38.8. The number of carbonyl (C=O) groups is 3. The van der Waals surface area contributed by atoms with Crippen LogP contribution in [0.25, 0.3) is 0 Å². The fraction of sp³-hybridized carbons (Fsp3) is 0.405. The summed E-state index contributed by atoms with van der Waals surface area (Å²) < 4.78 is 64.0. The SMILES string of the molecule is CC(C)(C)C[C@@H]1N2[C@H](CCCCO)N(c3ccc(C(=O)O)cc3)C(=O)[C@H]2[C@H](c2cccc(Cl)c2F)[C@@]1(C#N)c1ccc(Cl)cc1F.O=C(O)C(F)(F)F. The number of benzene rings is 3. The minimum atomic E-state index is -5.08. The summed E-state index contributed by atoms with van der Waals surface area (Å²) in [5.74, 6) is -7.06. The van der Waals surface area contributed by atoms with Gasteiger partial charge >= 0.3 is 18.1 Å². The summed E-state index contributed by atoms with van der Waals surface area (Å²) in [6.07, 6.45) is -4.11. The summed E-state index contributed by atoms with van der Waals surface area (Å²) in [5, 5.41) is 37.4. The van der Waals surface area contributed by atoms with Gasteiger partial charge in [-0.3, -0.25) is 14.6 Å². The van der Waals surface area contributed by atoms with Crippen molar-refractivity contribution in [3.05, 3.63) is 99.0 Å². The largest absolute Gasteiger partial charge is 0.490 e. The van der Waals surface area contributed by atoms with E-state index in [2.05, 4.69) is 6.07 Å². The first-order valence-corrected chi connectivity index (χ1v) is 17.1. The number of aliphatic carboxylic acids is 1. The Balaban J connectivity index is 0.000000815. The number of alkyl halides is 3. The average molecular weight is 785 g/mol. The van der Waals surface area contributed by atoms with Gasteiger partial charge in [0.25, 0.3) is 0 Å². The predicted octanol–water partition coefficient (Wildman–Crippen LogP) is 8.17. The van der Waals surface area contributed by atoms with Gasteiger partial charge in [-0.05, 0) is 79.1 Å². The van der Waals surface area contributed by atoms with Crippen molar-refractivity contribution in [2.75, 3.05) is 11.5 Å². The highest BCUT2D eigenvalue weighted by Gasteiger charge is 2.69. The Bertz CT molecular complexity index is 1900. The van der Waals surface area contributed by atoms with E-state index in [0.717, 1.165) is 6.07 Å². The van der Waals surface area contributed by atoms with Gasteiger partial charge in [0.05, 0.1) is 22.8 Å². The molecule has 2 saturated heterocycles. The molecular formula is C37H36Cl2F5N3O6. The van der Waals surface area contributed by atoms with Crippen LogP contribution in [0.5, 0.6) is 0 Å². The van der Waals surface area contributed by atoms with Crippen molar-refractivity contribution in [2.24, 2.45) is 5.41 Å². The number of hydrogen-bond donors (Lipinski definition) is 3. The zero-order valence-corrected chi connectivity index (χ0v) is 30.2. The number of carboxylic acid groups (broad SMARTS) is 2. The quantitative estimate of drug-likeness (QED) is 0.146. The summed E-state index contributed by atoms with van der Waals surface area (Å²) in [5.41, 5.74) is -1.70. The van der Waals surface area contributed by atoms with Crippen molar-refractivity contribution < 1.29 is 51.7 Å². The second kappa shape index (κ2) is 16.0. The maximum absolute atomic E-state index is 16.2. The second-order valence-corrected chi connectivity index (χ2v) is 14.8. The maximum atomic E-state index is 16.2. The van der Waals surface area contributed by atoms with Gasteiger partial charge in [0.1, 0.15) is 23.1 Å². The van der Waals surface area contributed by atoms with Crippen LogP contribution in [0.2, 0.25) is 10.0 Å². The lowest BCUT2D eigenvalue weighted by molar-refractivity contribution is -0.192. The number of unbranched alkanes of at least 4 members (excludes halogenated alkanes) is 1. The number of nitrogens with zero attached hydrogens (tertiary/aromatic N) is 3. The molecule has 3 aromatic carbocycles. The van der Waals surface area contributed by atoms with E-state index < -0.39 is 70.7 Å². The standard InChI is InChI=1S/C35H35Cl2F2N3O4.C2HF3O2/c1-34(2,3)18-27-35(19-40,24-15-12-21(36)17-26(24)38)29(23-7-6-8-25(37)30(23)39)31-32(44)41(28(42(27)31)9-4-5-16-43)22-13-10-20(11-14-22)33(45)46;3-2(4,5)1(6)7/h6-8,10-15,17,27-29,31,43H,4-5,9,16,18H2,1-3H3,(H,45,46);(H,6,7)/t27-,28+,29-,31+,35-;/m0./s1. The molecule has 5 rings (SSSR count). The fourth-order valence-corrected chi connectivity index (χ4v) is 7.66. The Morgan fingerprint density at radius 3 is 2.11 bits per heavy atom. The van der Waals surface area contributed by atoms with Crippen LogP contribution in [0.4, 0.5) is 27.6 Å². The van der Waals surface area contributed by atoms with Crippen LogP contribution in [0, 0.1) is 28.4 Å². The number of fused-ring (bicyclic) bond motifs is 1. The van der Waals surface area contributed by atoms with Crippen LogP contribution in [-0.2, 0) is 15.0 Å². The molecular weight excluding hydrogens is 748 g/mol. The monoisotopic (exact) mass is 783 g/mol. The minimum absolute atomic E-state index is 0.00620. The summed E-state index contributed by atoms with van der Waals surface area (Å²) >= 11 is 12.5. The Morgan fingerprint density at radius 1 is 0.981 bits per heavy atom. The molecule has 9 nitrogen and oxygen atoms in total. The van der Waals surface area contributed by atoms with Crippen LogP contribution >= 0.6 is 23.2 Å². The smallest absolute Gasteiger partial charge is 0.478 e. The molecule has 2 heterocycles. The van der Waals surface area contributed by atoms with E-state index in [1.165, 1.54) is 36.4 Å². The first-order valence-electron chi connectivity index (χ1n) is 16.4. The topological polar surface area (TPSA) is 142 Å². The molecule has 284 valence electrons. The fourth-order valence-electron chi connectivity index (χ4n) is 7.32. The van der Waals surface area contributed by atoms with Crippen LogP contribution < -0.4 is 4.90 Å². The van der Waals surface area contributed by atoms with Crippen LogP contribution in [-0.4, -0.2) is 69.1 Å². The third-order valence-corrected chi connectivity index (χ3v) is 9.86. The number of hydrogen-bond acceptors (Lipinski definition) is 6. The molecule has 5 atom stereocenters. The van der Waals surface area contributed by atoms with Gasteiger partial charge < -0.3 is 15.3 Å². The molecule has 0 unspecified atom stereocenters. The number of aliphatic hydroxyl groups excluding tert-OH is 1. The Hall–Kier alpha value is -4.29. The van der Waals surface area contributed by atoms with Crippen molar-refractivity contribution in [3.63, 3.8) is 0 Å². The van der Waals surface area contributed by atoms with Crippen molar-refractivity contribution in [2.45, 2.75) is 82.2 Å². The third kappa shape index (κ3) is 8.28. The van der Waals surface area contributed by atoms with E-state index in [1.54, 1.807) is 23.1 Å². The first-order chi connectivity index (χ1) is 24.7. The highest BCUT2D eigenvalue weighted by atomic mass is 35.5. The number of carboxylic acids is 2. The molecule has 0 spiro atoms. The number of amides is 1. The van der Waals surface area contributed by atoms with Gasteiger partial charge in [0.2, 0.25) is 5.91 Å². The highest BCUT2D eigenvalue weighted by Crippen LogP contribution is 2.60. The first kappa shape index (κ1) is 41.5. The van der Waals surface area contributed by atoms with Crippen LogP contribution in [0.1, 0.15) is 73.9 Å². The molecule has 0 radical (unpaired) electrons. The lowest BCUT2D eigenvalue weighted by atomic mass is 9.62. The van der Waals surface area contributed by atoms with E-state index in [1.807, 2.05) is 25.7 Å². The summed E-state index contributed by atoms with van der Waals surface area (Å²) in [6, 6.07) is 14.9. The number of anilines is 1. The molecule has 2 aliphatic rings. The van der Waals surface area contributed by atoms with Gasteiger partial charge in [-0.1, -0.05) is 62.2 Å². The third-order valence-electron chi connectivity index (χ3n) is 9.34. The number of rotatable bonds is 9. The number of carbonyl (C=O) groups excluding carboxylic acids is 1. The highest BCUT2D eigenvalue weighted by molar-refractivity contribution is 6.31. The molecule has 2 fully saturated rings. The van der Waals surface area contributed by atoms with Gasteiger partial charge in [0.15, 0.2) is 0 Å². The van der Waals surface area contributed by atoms with E-state index in [4.69, 9.17) is 33.1 Å². The molecule has 3 N–H and O–H groups in total. The zero-order chi connectivity index (χ0) is 39.6. The van der Waals surface area contributed by atoms with Crippen LogP contribution in [0.15, 0.2) is 60.7 Å². The molecule has 53 heavy (non-hydrogen) atoms. The van der Waals surface area contributed by atoms with E-state index in [-0.39, 0.29) is 33.3 Å². The van der Waals surface area contributed by atoms with Crippen LogP contribution in [0.3, 0.4) is 0 Å². The Morgan fingerprint density at radius 2 is 1.60 bits per heavy atom. The van der Waals surface area contributed by atoms with Crippen molar-refractivity contribution in [3.8, 4) is 6.07 Å². The van der Waals surface area contributed by atoms with E-state index in [9.17, 15) is 38.2 Å². The number of aliphatic hydroxyl groups is 1. The molecule has 1 amide bonds. The van der Waals surface area contributed by atoms with E-state index >= 15 is 8.78 Å².